The summed E-state index contributed by atoms with van der Waals surface area (Å²) < 4.78 is 5.24. The summed E-state index contributed by atoms with van der Waals surface area (Å²) in [5.74, 6) is 1.30. The number of nitrogens with zero attached hydrogens (tertiary/aromatic N) is 1. The number of hydrogen-bond donors (Lipinski definition) is 3. The maximum Gasteiger partial charge on any atom is 0.251 e. The first-order valence-corrected chi connectivity index (χ1v) is 9.54. The molecular formula is C23H26N4O2. The second-order valence-electron chi connectivity index (χ2n) is 6.67. The van der Waals surface area contributed by atoms with Crippen LogP contribution in [0.2, 0.25) is 0 Å². The van der Waals surface area contributed by atoms with Crippen LogP contribution in [0.25, 0.3) is 0 Å². The summed E-state index contributed by atoms with van der Waals surface area (Å²) in [5.41, 5.74) is 4.07. The third kappa shape index (κ3) is 5.97. The summed E-state index contributed by atoms with van der Waals surface area (Å²) in [5, 5.41) is 9.47. The highest BCUT2D eigenvalue weighted by atomic mass is 16.3. The molecule has 0 unspecified atom stereocenters. The van der Waals surface area contributed by atoms with E-state index in [2.05, 4.69) is 40.0 Å². The lowest BCUT2D eigenvalue weighted by atomic mass is 10.1. The van der Waals surface area contributed by atoms with Crippen LogP contribution in [0.4, 0.5) is 0 Å². The average Bonchev–Trinajstić information content (AvgIpc) is 3.27. The van der Waals surface area contributed by atoms with E-state index in [1.807, 2.05) is 36.4 Å². The molecule has 0 radical (unpaired) electrons. The van der Waals surface area contributed by atoms with Gasteiger partial charge in [0.05, 0.1) is 12.8 Å². The van der Waals surface area contributed by atoms with E-state index in [4.69, 9.17) is 4.42 Å². The second-order valence-corrected chi connectivity index (χ2v) is 6.67. The van der Waals surface area contributed by atoms with Gasteiger partial charge in [-0.25, -0.2) is 0 Å². The molecule has 0 atom stereocenters. The Morgan fingerprint density at radius 1 is 0.931 bits per heavy atom. The van der Waals surface area contributed by atoms with Gasteiger partial charge in [-0.3, -0.25) is 9.79 Å². The van der Waals surface area contributed by atoms with Crippen molar-refractivity contribution in [3.8, 4) is 0 Å². The molecule has 0 aliphatic rings. The first-order valence-electron chi connectivity index (χ1n) is 9.54. The van der Waals surface area contributed by atoms with Crippen LogP contribution in [0, 0.1) is 6.92 Å². The van der Waals surface area contributed by atoms with Gasteiger partial charge in [0.15, 0.2) is 5.96 Å². The van der Waals surface area contributed by atoms with Crippen molar-refractivity contribution in [3.05, 3.63) is 94.9 Å². The first kappa shape index (κ1) is 20.2. The van der Waals surface area contributed by atoms with Crippen LogP contribution in [0.3, 0.4) is 0 Å². The predicted molar refractivity (Wildman–Crippen MR) is 115 cm³/mol. The Labute approximate surface area is 171 Å². The number of carbonyl (C=O) groups is 1. The highest BCUT2D eigenvalue weighted by molar-refractivity contribution is 5.94. The Hall–Kier alpha value is -3.54. The predicted octanol–water partition coefficient (Wildman–Crippen LogP) is 3.38. The van der Waals surface area contributed by atoms with E-state index in [9.17, 15) is 4.79 Å². The fourth-order valence-electron chi connectivity index (χ4n) is 2.90. The zero-order valence-corrected chi connectivity index (χ0v) is 16.7. The van der Waals surface area contributed by atoms with E-state index in [1.165, 1.54) is 11.1 Å². The number of aliphatic imine (C=N–C) groups is 1. The van der Waals surface area contributed by atoms with Crippen LogP contribution < -0.4 is 16.0 Å². The number of aryl methyl sites for hydroxylation is 1. The molecule has 6 heteroatoms. The molecule has 1 heterocycles. The third-order valence-corrected chi connectivity index (χ3v) is 4.58. The van der Waals surface area contributed by atoms with Crippen molar-refractivity contribution in [3.63, 3.8) is 0 Å². The van der Waals surface area contributed by atoms with Gasteiger partial charge in [-0.2, -0.15) is 0 Å². The van der Waals surface area contributed by atoms with E-state index in [1.54, 1.807) is 25.4 Å². The lowest BCUT2D eigenvalue weighted by Crippen LogP contribution is -2.36. The molecule has 0 saturated carbocycles. The van der Waals surface area contributed by atoms with Crippen molar-refractivity contribution in [2.45, 2.75) is 26.6 Å². The molecule has 0 saturated heterocycles. The molecule has 3 aromatic rings. The van der Waals surface area contributed by atoms with E-state index >= 15 is 0 Å². The van der Waals surface area contributed by atoms with E-state index in [0.29, 0.717) is 31.2 Å². The van der Waals surface area contributed by atoms with Gasteiger partial charge in [-0.05, 0) is 47.9 Å². The van der Waals surface area contributed by atoms with Crippen LogP contribution in [-0.4, -0.2) is 18.9 Å². The van der Waals surface area contributed by atoms with Crippen LogP contribution in [-0.2, 0) is 19.6 Å². The van der Waals surface area contributed by atoms with E-state index in [-0.39, 0.29) is 5.91 Å². The van der Waals surface area contributed by atoms with Gasteiger partial charge in [0.25, 0.3) is 5.91 Å². The number of nitrogens with one attached hydrogen (secondary N) is 3. The quantitative estimate of drug-likeness (QED) is 0.427. The lowest BCUT2D eigenvalue weighted by molar-refractivity contribution is 0.0948. The number of furan rings is 1. The largest absolute Gasteiger partial charge is 0.467 e. The van der Waals surface area contributed by atoms with Crippen LogP contribution in [0.15, 0.2) is 76.3 Å². The average molecular weight is 390 g/mol. The summed E-state index contributed by atoms with van der Waals surface area (Å²) in [6, 6.07) is 19.4. The number of guanidine groups is 1. The number of rotatable bonds is 7. The number of benzene rings is 2. The first-order chi connectivity index (χ1) is 14.2. The van der Waals surface area contributed by atoms with Gasteiger partial charge in [0.1, 0.15) is 5.76 Å². The molecule has 0 aliphatic heterocycles. The summed E-state index contributed by atoms with van der Waals surface area (Å²) in [6.45, 7) is 3.72. The second kappa shape index (κ2) is 10.1. The van der Waals surface area contributed by atoms with Gasteiger partial charge >= 0.3 is 0 Å². The minimum atomic E-state index is -0.134. The standard InChI is InChI=1S/C23H26N4O2/c1-17-7-3-4-9-20(17)15-27-23(24-2)26-14-18-8-5-10-19(13-18)22(28)25-16-21-11-6-12-29-21/h3-13H,14-16H2,1-2H3,(H,25,28)(H2,24,26,27). The molecule has 6 nitrogen and oxygen atoms in total. The van der Waals surface area contributed by atoms with Gasteiger partial charge in [-0.1, -0.05) is 36.4 Å². The molecule has 3 N–H and O–H groups in total. The number of hydrogen-bond acceptors (Lipinski definition) is 3. The van der Waals surface area contributed by atoms with Crippen LogP contribution >= 0.6 is 0 Å². The maximum absolute atomic E-state index is 12.4. The van der Waals surface area contributed by atoms with Crippen molar-refractivity contribution >= 4 is 11.9 Å². The molecule has 150 valence electrons. The van der Waals surface area contributed by atoms with Gasteiger partial charge in [0, 0.05) is 25.7 Å². The van der Waals surface area contributed by atoms with Gasteiger partial charge < -0.3 is 20.4 Å². The molecule has 3 rings (SSSR count). The maximum atomic E-state index is 12.4. The Kier molecular flexibility index (Phi) is 7.05. The molecular weight excluding hydrogens is 364 g/mol. The van der Waals surface area contributed by atoms with E-state index < -0.39 is 0 Å². The SMILES string of the molecule is CN=C(NCc1cccc(C(=O)NCc2ccco2)c1)NCc1ccccc1C. The highest BCUT2D eigenvalue weighted by Crippen LogP contribution is 2.08. The zero-order chi connectivity index (χ0) is 20.5. The molecule has 29 heavy (non-hydrogen) atoms. The smallest absolute Gasteiger partial charge is 0.251 e. The van der Waals surface area contributed by atoms with E-state index in [0.717, 1.165) is 11.3 Å². The zero-order valence-electron chi connectivity index (χ0n) is 16.7. The highest BCUT2D eigenvalue weighted by Gasteiger charge is 2.07. The van der Waals surface area contributed by atoms with Gasteiger partial charge in [-0.15, -0.1) is 0 Å². The van der Waals surface area contributed by atoms with Crippen molar-refractivity contribution in [1.82, 2.24) is 16.0 Å². The van der Waals surface area contributed by atoms with Crippen molar-refractivity contribution in [2.75, 3.05) is 7.05 Å². The Balaban J connectivity index is 1.52. The Morgan fingerprint density at radius 2 is 1.76 bits per heavy atom. The minimum absolute atomic E-state index is 0.134. The van der Waals surface area contributed by atoms with Gasteiger partial charge in [0.2, 0.25) is 0 Å². The summed E-state index contributed by atoms with van der Waals surface area (Å²) >= 11 is 0. The molecule has 2 aromatic carbocycles. The van der Waals surface area contributed by atoms with Crippen molar-refractivity contribution in [2.24, 2.45) is 4.99 Å². The summed E-state index contributed by atoms with van der Waals surface area (Å²) in [6.07, 6.45) is 1.59. The van der Waals surface area contributed by atoms with Crippen LogP contribution in [0.1, 0.15) is 32.8 Å². The third-order valence-electron chi connectivity index (χ3n) is 4.58. The molecule has 0 fully saturated rings. The monoisotopic (exact) mass is 390 g/mol. The number of carbonyl (C=O) groups excluding carboxylic acids is 1. The number of amides is 1. The molecule has 0 aliphatic carbocycles. The topological polar surface area (TPSA) is 78.7 Å². The Bertz CT molecular complexity index is 965. The molecule has 0 bridgehead atoms. The normalized spacial score (nSPS) is 11.2. The molecule has 0 spiro atoms. The van der Waals surface area contributed by atoms with Crippen molar-refractivity contribution < 1.29 is 9.21 Å². The van der Waals surface area contributed by atoms with Crippen LogP contribution in [0.5, 0.6) is 0 Å². The van der Waals surface area contributed by atoms with Crippen molar-refractivity contribution in [1.29, 1.82) is 0 Å². The fraction of sp³-hybridized carbons (Fsp3) is 0.217. The lowest BCUT2D eigenvalue weighted by Gasteiger charge is -2.13. The summed E-state index contributed by atoms with van der Waals surface area (Å²) in [7, 11) is 1.74. The summed E-state index contributed by atoms with van der Waals surface area (Å²) in [4.78, 5) is 16.6. The Morgan fingerprint density at radius 3 is 2.52 bits per heavy atom. The fourth-order valence-corrected chi connectivity index (χ4v) is 2.90. The molecule has 1 aromatic heterocycles. The minimum Gasteiger partial charge on any atom is -0.467 e. The molecule has 1 amide bonds.